The number of nitrogens with one attached hydrogen (secondary N) is 2. The zero-order valence-electron chi connectivity index (χ0n) is 18.4. The number of aryl methyl sites for hydroxylation is 1. The monoisotopic (exact) mass is 493 g/mol. The summed E-state index contributed by atoms with van der Waals surface area (Å²) in [5, 5.41) is 5.90. The molecule has 2 N–H and O–H groups in total. The summed E-state index contributed by atoms with van der Waals surface area (Å²) in [6, 6.07) is 3.39. The molecule has 1 fully saturated rings. The third-order valence-corrected chi connectivity index (χ3v) is 6.07. The lowest BCUT2D eigenvalue weighted by molar-refractivity contribution is -0.141. The minimum absolute atomic E-state index is 0.0581. The first kappa shape index (κ1) is 23.8. The van der Waals surface area contributed by atoms with E-state index in [-0.39, 0.29) is 17.5 Å². The van der Waals surface area contributed by atoms with Gasteiger partial charge >= 0.3 is 6.18 Å². The molecule has 1 aliphatic rings. The van der Waals surface area contributed by atoms with E-state index in [0.717, 1.165) is 43.7 Å². The van der Waals surface area contributed by atoms with E-state index in [2.05, 4.69) is 41.9 Å². The van der Waals surface area contributed by atoms with E-state index in [1.54, 1.807) is 19.1 Å². The summed E-state index contributed by atoms with van der Waals surface area (Å²) in [6.45, 7) is 3.61. The standard InChI is InChI=1S/C21H22F3N7O2S/c1-12-18(20(34-30-12)29-16-11-25-15(10-26-16)21(22,23)24)19(32)28-13-3-4-17(27-9-13)33-14-5-7-31(2)8-6-14/h3-4,9-11,14H,5-8H2,1-2H3,(H,26,29)(H,28,32). The fourth-order valence-corrected chi connectivity index (χ4v) is 4.17. The number of nitrogens with zero attached hydrogens (tertiary/aromatic N) is 5. The van der Waals surface area contributed by atoms with Crippen LogP contribution >= 0.6 is 11.5 Å². The third-order valence-electron chi connectivity index (χ3n) is 5.22. The van der Waals surface area contributed by atoms with Crippen LogP contribution in [-0.2, 0) is 6.18 Å². The van der Waals surface area contributed by atoms with E-state index in [4.69, 9.17) is 4.74 Å². The maximum atomic E-state index is 12.9. The van der Waals surface area contributed by atoms with Crippen LogP contribution in [0.3, 0.4) is 0 Å². The SMILES string of the molecule is Cc1nsc(Nc2cnc(C(F)(F)F)cn2)c1C(=O)Nc1ccc(OC2CCN(C)CC2)nc1. The van der Waals surface area contributed by atoms with E-state index in [1.807, 2.05) is 0 Å². The van der Waals surface area contributed by atoms with Gasteiger partial charge in [0.15, 0.2) is 5.69 Å². The van der Waals surface area contributed by atoms with Crippen LogP contribution in [0.5, 0.6) is 5.88 Å². The predicted octanol–water partition coefficient (Wildman–Crippen LogP) is 4.12. The van der Waals surface area contributed by atoms with Gasteiger partial charge in [0, 0.05) is 19.2 Å². The molecule has 13 heteroatoms. The van der Waals surface area contributed by atoms with Gasteiger partial charge in [0.05, 0.1) is 35.5 Å². The normalized spacial score (nSPS) is 15.2. The number of pyridine rings is 1. The Kier molecular flexibility index (Phi) is 6.93. The molecule has 0 atom stereocenters. The summed E-state index contributed by atoms with van der Waals surface area (Å²) in [7, 11) is 2.08. The summed E-state index contributed by atoms with van der Waals surface area (Å²) in [6.07, 6.45) is 0.472. The number of halogens is 3. The molecule has 9 nitrogen and oxygen atoms in total. The van der Waals surface area contributed by atoms with E-state index in [0.29, 0.717) is 28.5 Å². The Bertz CT molecular complexity index is 1130. The van der Waals surface area contributed by atoms with E-state index < -0.39 is 17.8 Å². The molecule has 0 radical (unpaired) electrons. The van der Waals surface area contributed by atoms with Crippen molar-refractivity contribution in [3.63, 3.8) is 0 Å². The number of alkyl halides is 3. The fraction of sp³-hybridized carbons (Fsp3) is 0.381. The van der Waals surface area contributed by atoms with Crippen molar-refractivity contribution in [1.82, 2.24) is 24.2 Å². The van der Waals surface area contributed by atoms with Crippen molar-refractivity contribution < 1.29 is 22.7 Å². The third kappa shape index (κ3) is 5.78. The predicted molar refractivity (Wildman–Crippen MR) is 121 cm³/mol. The van der Waals surface area contributed by atoms with Crippen LogP contribution in [0.25, 0.3) is 0 Å². The van der Waals surface area contributed by atoms with Crippen molar-refractivity contribution in [3.8, 4) is 5.88 Å². The number of rotatable bonds is 6. The molecular formula is C21H22F3N7O2S. The molecule has 0 spiro atoms. The van der Waals surface area contributed by atoms with E-state index >= 15 is 0 Å². The number of aromatic nitrogens is 4. The van der Waals surface area contributed by atoms with Crippen molar-refractivity contribution in [2.45, 2.75) is 32.0 Å². The Morgan fingerprint density at radius 2 is 1.91 bits per heavy atom. The lowest BCUT2D eigenvalue weighted by atomic mass is 10.1. The van der Waals surface area contributed by atoms with Crippen LogP contribution in [-0.4, -0.2) is 56.4 Å². The van der Waals surface area contributed by atoms with Crippen LogP contribution in [0.2, 0.25) is 0 Å². The van der Waals surface area contributed by atoms with Gasteiger partial charge in [-0.05, 0) is 44.4 Å². The van der Waals surface area contributed by atoms with Crippen molar-refractivity contribution in [2.24, 2.45) is 0 Å². The minimum Gasteiger partial charge on any atom is -0.474 e. The number of amides is 1. The van der Waals surface area contributed by atoms with Gasteiger partial charge in [-0.3, -0.25) is 4.79 Å². The fourth-order valence-electron chi connectivity index (χ4n) is 3.37. The maximum Gasteiger partial charge on any atom is 0.434 e. The molecule has 0 unspecified atom stereocenters. The highest BCUT2D eigenvalue weighted by Crippen LogP contribution is 2.30. The lowest BCUT2D eigenvalue weighted by Gasteiger charge is -2.28. The van der Waals surface area contributed by atoms with Crippen molar-refractivity contribution in [2.75, 3.05) is 30.8 Å². The highest BCUT2D eigenvalue weighted by molar-refractivity contribution is 7.10. The van der Waals surface area contributed by atoms with Crippen LogP contribution in [0.1, 0.15) is 34.6 Å². The average molecular weight is 494 g/mol. The first-order chi connectivity index (χ1) is 16.2. The van der Waals surface area contributed by atoms with Gasteiger partial charge in [0.1, 0.15) is 16.9 Å². The van der Waals surface area contributed by atoms with Gasteiger partial charge in [0.25, 0.3) is 5.91 Å². The molecular weight excluding hydrogens is 471 g/mol. The molecule has 3 aromatic heterocycles. The number of anilines is 3. The van der Waals surface area contributed by atoms with Gasteiger partial charge in [-0.1, -0.05) is 0 Å². The van der Waals surface area contributed by atoms with E-state index in [9.17, 15) is 18.0 Å². The number of hydrogen-bond donors (Lipinski definition) is 2. The number of carbonyl (C=O) groups is 1. The van der Waals surface area contributed by atoms with Crippen molar-refractivity contribution >= 4 is 33.9 Å². The molecule has 4 rings (SSSR count). The summed E-state index contributed by atoms with van der Waals surface area (Å²) in [5.74, 6) is 0.103. The summed E-state index contributed by atoms with van der Waals surface area (Å²) in [4.78, 5) is 26.5. The molecule has 180 valence electrons. The summed E-state index contributed by atoms with van der Waals surface area (Å²) >= 11 is 0.991. The Labute approximate surface area is 197 Å². The van der Waals surface area contributed by atoms with Crippen LogP contribution in [0.15, 0.2) is 30.7 Å². The van der Waals surface area contributed by atoms with Gasteiger partial charge in [0.2, 0.25) is 5.88 Å². The maximum absolute atomic E-state index is 12.9. The number of likely N-dealkylation sites (tertiary alicyclic amines) is 1. The highest BCUT2D eigenvalue weighted by Gasteiger charge is 2.32. The molecule has 1 amide bonds. The Balaban J connectivity index is 1.40. The van der Waals surface area contributed by atoms with Gasteiger partial charge in [-0.25, -0.2) is 15.0 Å². The first-order valence-corrected chi connectivity index (χ1v) is 11.2. The van der Waals surface area contributed by atoms with Gasteiger partial charge in [-0.15, -0.1) is 0 Å². The molecule has 0 aromatic carbocycles. The number of carbonyl (C=O) groups excluding carboxylic acids is 1. The second-order valence-corrected chi connectivity index (χ2v) is 8.61. The zero-order chi connectivity index (χ0) is 24.3. The molecule has 3 aromatic rings. The smallest absolute Gasteiger partial charge is 0.434 e. The van der Waals surface area contributed by atoms with E-state index in [1.165, 1.54) is 6.20 Å². The van der Waals surface area contributed by atoms with Crippen LogP contribution in [0, 0.1) is 6.92 Å². The van der Waals surface area contributed by atoms with Crippen LogP contribution in [0.4, 0.5) is 29.7 Å². The molecule has 0 bridgehead atoms. The molecule has 1 aliphatic heterocycles. The van der Waals surface area contributed by atoms with Crippen molar-refractivity contribution in [3.05, 3.63) is 47.7 Å². The Hall–Kier alpha value is -3.32. The average Bonchev–Trinajstić information content (AvgIpc) is 3.16. The minimum atomic E-state index is -4.58. The van der Waals surface area contributed by atoms with Gasteiger partial charge in [-0.2, -0.15) is 17.5 Å². The Morgan fingerprint density at radius 1 is 1.15 bits per heavy atom. The van der Waals surface area contributed by atoms with Crippen LogP contribution < -0.4 is 15.4 Å². The molecule has 0 aliphatic carbocycles. The highest BCUT2D eigenvalue weighted by atomic mass is 32.1. The summed E-state index contributed by atoms with van der Waals surface area (Å²) in [5.41, 5.74) is 0.0669. The number of hydrogen-bond acceptors (Lipinski definition) is 9. The quantitative estimate of drug-likeness (QED) is 0.528. The summed E-state index contributed by atoms with van der Waals surface area (Å²) < 4.78 is 48.1. The molecule has 34 heavy (non-hydrogen) atoms. The molecule has 4 heterocycles. The lowest BCUT2D eigenvalue weighted by Crippen LogP contribution is -2.35. The molecule has 0 saturated carbocycles. The molecule has 1 saturated heterocycles. The topological polar surface area (TPSA) is 105 Å². The van der Waals surface area contributed by atoms with Gasteiger partial charge < -0.3 is 20.3 Å². The first-order valence-electron chi connectivity index (χ1n) is 10.4. The largest absolute Gasteiger partial charge is 0.474 e. The number of ether oxygens (including phenoxy) is 1. The second kappa shape index (κ2) is 9.89. The second-order valence-electron chi connectivity index (χ2n) is 7.84. The zero-order valence-corrected chi connectivity index (χ0v) is 19.2. The number of piperidine rings is 1. The Morgan fingerprint density at radius 3 is 2.53 bits per heavy atom. The van der Waals surface area contributed by atoms with Crippen molar-refractivity contribution in [1.29, 1.82) is 0 Å².